The standard InChI is InChI=1S/C32H50O5/c1-19(2)21-10-15-31(27(35)36)16-17-32(18-37-20(3)33)22(26(21)31)8-9-24-29(6)13-12-25(34)28(4,5)23(29)11-14-30(24,32)7/h21-26,34H,1,8-18H2,2-7H3,(H,35,36)/t21-,22-,23-,24+,25-,26-,29+,30+,31-,32+/m1/s1. The van der Waals surface area contributed by atoms with Crippen LogP contribution in [-0.2, 0) is 14.3 Å². The van der Waals surface area contributed by atoms with Gasteiger partial charge in [-0.3, -0.25) is 9.59 Å². The fourth-order valence-electron chi connectivity index (χ4n) is 11.9. The normalized spacial score (nSPS) is 50.1. The van der Waals surface area contributed by atoms with Gasteiger partial charge in [0.2, 0.25) is 0 Å². The van der Waals surface area contributed by atoms with Gasteiger partial charge in [0.25, 0.3) is 0 Å². The first kappa shape index (κ1) is 27.2. The van der Waals surface area contributed by atoms with Crippen molar-refractivity contribution in [1.82, 2.24) is 0 Å². The van der Waals surface area contributed by atoms with E-state index in [1.165, 1.54) is 6.92 Å². The van der Waals surface area contributed by atoms with Crippen molar-refractivity contribution in [3.63, 3.8) is 0 Å². The van der Waals surface area contributed by atoms with Crippen molar-refractivity contribution in [3.8, 4) is 0 Å². The summed E-state index contributed by atoms with van der Waals surface area (Å²) >= 11 is 0. The molecule has 0 amide bonds. The average Bonchev–Trinajstić information content (AvgIpc) is 3.22. The van der Waals surface area contributed by atoms with Crippen LogP contribution in [0.3, 0.4) is 0 Å². The van der Waals surface area contributed by atoms with E-state index in [1.54, 1.807) is 0 Å². The van der Waals surface area contributed by atoms with Crippen molar-refractivity contribution in [3.05, 3.63) is 12.2 Å². The minimum atomic E-state index is -0.685. The Morgan fingerprint density at radius 1 is 0.892 bits per heavy atom. The number of hydrogen-bond acceptors (Lipinski definition) is 4. The van der Waals surface area contributed by atoms with E-state index in [-0.39, 0.29) is 51.5 Å². The predicted molar refractivity (Wildman–Crippen MR) is 144 cm³/mol. The highest BCUT2D eigenvalue weighted by molar-refractivity contribution is 5.76. The first-order valence-corrected chi connectivity index (χ1v) is 14.9. The van der Waals surface area contributed by atoms with E-state index in [4.69, 9.17) is 4.74 Å². The average molecular weight is 515 g/mol. The number of aliphatic hydroxyl groups excluding tert-OH is 1. The number of aliphatic carboxylic acids is 1. The Morgan fingerprint density at radius 2 is 1.59 bits per heavy atom. The lowest BCUT2D eigenvalue weighted by Gasteiger charge is -2.73. The van der Waals surface area contributed by atoms with Crippen LogP contribution in [-0.4, -0.2) is 34.9 Å². The number of ether oxygens (including phenoxy) is 1. The lowest BCUT2D eigenvalue weighted by Crippen LogP contribution is -2.69. The van der Waals surface area contributed by atoms with Crippen LogP contribution in [0.2, 0.25) is 0 Å². The van der Waals surface area contributed by atoms with Crippen LogP contribution in [0, 0.1) is 56.7 Å². The van der Waals surface area contributed by atoms with Gasteiger partial charge in [-0.1, -0.05) is 39.8 Å². The van der Waals surface area contributed by atoms with Crippen LogP contribution in [0.5, 0.6) is 0 Å². The van der Waals surface area contributed by atoms with Gasteiger partial charge in [0.05, 0.1) is 18.1 Å². The summed E-state index contributed by atoms with van der Waals surface area (Å²) in [7, 11) is 0. The van der Waals surface area contributed by atoms with Crippen molar-refractivity contribution in [2.45, 2.75) is 112 Å². The van der Waals surface area contributed by atoms with Crippen molar-refractivity contribution >= 4 is 11.9 Å². The van der Waals surface area contributed by atoms with Gasteiger partial charge >= 0.3 is 11.9 Å². The number of allylic oxidation sites excluding steroid dienone is 1. The van der Waals surface area contributed by atoms with Gasteiger partial charge in [0, 0.05) is 12.3 Å². The summed E-state index contributed by atoms with van der Waals surface area (Å²) in [4.78, 5) is 25.2. The number of fused-ring (bicyclic) bond motifs is 7. The second-order valence-corrected chi connectivity index (χ2v) is 15.0. The first-order valence-electron chi connectivity index (χ1n) is 14.9. The maximum Gasteiger partial charge on any atom is 0.309 e. The molecule has 0 spiro atoms. The molecule has 0 aromatic heterocycles. The van der Waals surface area contributed by atoms with E-state index >= 15 is 0 Å². The van der Waals surface area contributed by atoms with Crippen molar-refractivity contribution in [1.29, 1.82) is 0 Å². The molecule has 5 rings (SSSR count). The number of aliphatic hydroxyl groups is 1. The second kappa shape index (κ2) is 8.57. The number of carboxylic acid groups (broad SMARTS) is 1. The lowest BCUT2D eigenvalue weighted by molar-refractivity contribution is -0.263. The van der Waals surface area contributed by atoms with E-state index < -0.39 is 11.4 Å². The lowest BCUT2D eigenvalue weighted by atomic mass is 9.32. The topological polar surface area (TPSA) is 83.8 Å². The monoisotopic (exact) mass is 514 g/mol. The summed E-state index contributed by atoms with van der Waals surface area (Å²) in [6.07, 6.45) is 8.95. The summed E-state index contributed by atoms with van der Waals surface area (Å²) in [5, 5.41) is 21.6. The highest BCUT2D eigenvalue weighted by atomic mass is 16.5. The Morgan fingerprint density at radius 3 is 2.22 bits per heavy atom. The van der Waals surface area contributed by atoms with E-state index in [2.05, 4.69) is 41.2 Å². The largest absolute Gasteiger partial charge is 0.481 e. The molecule has 0 radical (unpaired) electrons. The molecular formula is C32H50O5. The molecule has 10 atom stereocenters. The van der Waals surface area contributed by atoms with Crippen molar-refractivity contribution < 1.29 is 24.5 Å². The molecular weight excluding hydrogens is 464 g/mol. The molecule has 0 aliphatic heterocycles. The zero-order valence-electron chi connectivity index (χ0n) is 24.1. The predicted octanol–water partition coefficient (Wildman–Crippen LogP) is 6.63. The number of esters is 1. The number of carbonyl (C=O) groups is 2. The Bertz CT molecular complexity index is 986. The maximum atomic E-state index is 12.9. The fraction of sp³-hybridized carbons (Fsp3) is 0.875. The molecule has 2 N–H and O–H groups in total. The Kier molecular flexibility index (Phi) is 6.30. The van der Waals surface area contributed by atoms with Crippen LogP contribution in [0.4, 0.5) is 0 Å². The third-order valence-electron chi connectivity index (χ3n) is 13.7. The number of rotatable bonds is 4. The third kappa shape index (κ3) is 3.44. The SMILES string of the molecule is C=C(C)[C@H]1CC[C@@]2(C(=O)O)CC[C@]3(COC(C)=O)[C@H](CC[C@H]4[C@@]5(C)CC[C@@H](O)C(C)(C)[C@H]5CC[C@@]43C)[C@@H]12. The molecule has 0 aromatic carbocycles. The zero-order valence-corrected chi connectivity index (χ0v) is 24.1. The third-order valence-corrected chi connectivity index (χ3v) is 13.7. The molecule has 5 fully saturated rings. The molecule has 5 heteroatoms. The van der Waals surface area contributed by atoms with Crippen molar-refractivity contribution in [2.24, 2.45) is 56.7 Å². The zero-order chi connectivity index (χ0) is 27.2. The fourth-order valence-corrected chi connectivity index (χ4v) is 11.9. The molecule has 208 valence electrons. The minimum absolute atomic E-state index is 0.0398. The summed E-state index contributed by atoms with van der Waals surface area (Å²) in [6, 6.07) is 0. The Hall–Kier alpha value is -1.36. The quantitative estimate of drug-likeness (QED) is 0.325. The molecule has 5 saturated carbocycles. The Balaban J connectivity index is 1.63. The van der Waals surface area contributed by atoms with E-state index in [1.807, 2.05) is 0 Å². The highest BCUT2D eigenvalue weighted by Crippen LogP contribution is 2.77. The van der Waals surface area contributed by atoms with E-state index in [9.17, 15) is 19.8 Å². The van der Waals surface area contributed by atoms with Gasteiger partial charge in [-0.2, -0.15) is 0 Å². The van der Waals surface area contributed by atoms with Gasteiger partial charge in [-0.25, -0.2) is 0 Å². The molecule has 5 aliphatic carbocycles. The van der Waals surface area contributed by atoms with Crippen LogP contribution in [0.25, 0.3) is 0 Å². The van der Waals surface area contributed by atoms with Gasteiger partial charge in [0.15, 0.2) is 0 Å². The number of carbonyl (C=O) groups excluding carboxylic acids is 1. The summed E-state index contributed by atoms with van der Waals surface area (Å²) in [5.41, 5.74) is 0.168. The number of hydrogen-bond donors (Lipinski definition) is 2. The van der Waals surface area contributed by atoms with Gasteiger partial charge < -0.3 is 14.9 Å². The first-order chi connectivity index (χ1) is 17.2. The van der Waals surface area contributed by atoms with Gasteiger partial charge in [0.1, 0.15) is 0 Å². The number of carboxylic acids is 1. The molecule has 37 heavy (non-hydrogen) atoms. The highest BCUT2D eigenvalue weighted by Gasteiger charge is 2.73. The molecule has 5 aliphatic rings. The molecule has 0 bridgehead atoms. The molecule has 5 nitrogen and oxygen atoms in total. The molecule has 0 aromatic rings. The molecule has 0 saturated heterocycles. The van der Waals surface area contributed by atoms with E-state index in [0.29, 0.717) is 24.9 Å². The van der Waals surface area contributed by atoms with Crippen molar-refractivity contribution in [2.75, 3.05) is 6.61 Å². The molecule has 0 unspecified atom stereocenters. The van der Waals surface area contributed by atoms with Crippen LogP contribution >= 0.6 is 0 Å². The summed E-state index contributed by atoms with van der Waals surface area (Å²) in [5.74, 6) is 0.546. The Labute approximate surface area is 223 Å². The van der Waals surface area contributed by atoms with E-state index in [0.717, 1.165) is 63.4 Å². The van der Waals surface area contributed by atoms with Crippen LogP contribution in [0.15, 0.2) is 12.2 Å². The summed E-state index contributed by atoms with van der Waals surface area (Å²) in [6.45, 7) is 17.8. The smallest absolute Gasteiger partial charge is 0.309 e. The molecule has 0 heterocycles. The minimum Gasteiger partial charge on any atom is -0.481 e. The van der Waals surface area contributed by atoms with Gasteiger partial charge in [-0.05, 0) is 117 Å². The van der Waals surface area contributed by atoms with Gasteiger partial charge in [-0.15, -0.1) is 0 Å². The maximum absolute atomic E-state index is 12.9. The van der Waals surface area contributed by atoms with Crippen LogP contribution < -0.4 is 0 Å². The van der Waals surface area contributed by atoms with Crippen LogP contribution in [0.1, 0.15) is 106 Å². The summed E-state index contributed by atoms with van der Waals surface area (Å²) < 4.78 is 5.97. The second-order valence-electron chi connectivity index (χ2n) is 15.0.